The van der Waals surface area contributed by atoms with Gasteiger partial charge in [-0.1, -0.05) is 48.5 Å². The number of amides is 2. The molecule has 1 unspecified atom stereocenters. The summed E-state index contributed by atoms with van der Waals surface area (Å²) in [5.74, 6) is -0.326. The number of benzene rings is 3. The van der Waals surface area contributed by atoms with Crippen LogP contribution in [0.25, 0.3) is 10.9 Å². The molecule has 0 aliphatic carbocycles. The van der Waals surface area contributed by atoms with Gasteiger partial charge in [0.1, 0.15) is 11.9 Å². The molecule has 150 valence electrons. The number of hydrogen-bond acceptors (Lipinski definition) is 1. The van der Waals surface area contributed by atoms with Gasteiger partial charge in [0, 0.05) is 33.2 Å². The zero-order valence-electron chi connectivity index (χ0n) is 16.0. The van der Waals surface area contributed by atoms with Crippen LogP contribution >= 0.6 is 15.9 Å². The molecule has 0 saturated heterocycles. The highest BCUT2D eigenvalue weighted by Crippen LogP contribution is 2.39. The highest BCUT2D eigenvalue weighted by atomic mass is 79.9. The standard InChI is InChI=1S/C24H19BrFN3O/c25-18-9-3-6-12-21(18)28-24(30)29-14-13-16-15-7-2-5-11-20(15)27-22(16)23(29)17-8-1-4-10-19(17)26/h1-12,23,27H,13-14H2,(H,28,30). The van der Waals surface area contributed by atoms with Crippen molar-refractivity contribution in [1.29, 1.82) is 0 Å². The zero-order valence-corrected chi connectivity index (χ0v) is 17.6. The number of para-hydroxylation sites is 2. The van der Waals surface area contributed by atoms with Crippen molar-refractivity contribution in [3.05, 3.63) is 99.9 Å². The molecule has 0 saturated carbocycles. The van der Waals surface area contributed by atoms with Gasteiger partial charge in [-0.25, -0.2) is 9.18 Å². The minimum Gasteiger partial charge on any atom is -0.356 e. The Morgan fingerprint density at radius 2 is 1.77 bits per heavy atom. The van der Waals surface area contributed by atoms with Crippen molar-refractivity contribution >= 4 is 38.6 Å². The van der Waals surface area contributed by atoms with Crippen LogP contribution < -0.4 is 5.32 Å². The lowest BCUT2D eigenvalue weighted by Crippen LogP contribution is -2.43. The molecule has 4 aromatic rings. The predicted molar refractivity (Wildman–Crippen MR) is 120 cm³/mol. The van der Waals surface area contributed by atoms with Crippen LogP contribution in [0.3, 0.4) is 0 Å². The monoisotopic (exact) mass is 463 g/mol. The lowest BCUT2D eigenvalue weighted by Gasteiger charge is -2.36. The third-order valence-corrected chi connectivity index (χ3v) is 6.30. The molecular weight excluding hydrogens is 445 g/mol. The van der Waals surface area contributed by atoms with E-state index in [9.17, 15) is 9.18 Å². The Labute approximate surface area is 181 Å². The Balaban J connectivity index is 1.61. The summed E-state index contributed by atoms with van der Waals surface area (Å²) in [6.07, 6.45) is 0.702. The molecule has 0 fully saturated rings. The van der Waals surface area contributed by atoms with Gasteiger partial charge in [-0.3, -0.25) is 0 Å². The molecule has 1 aliphatic heterocycles. The summed E-state index contributed by atoms with van der Waals surface area (Å²) in [4.78, 5) is 18.5. The van der Waals surface area contributed by atoms with Gasteiger partial charge in [0.25, 0.3) is 0 Å². The van der Waals surface area contributed by atoms with Gasteiger partial charge < -0.3 is 15.2 Å². The molecule has 2 heterocycles. The number of urea groups is 1. The fourth-order valence-electron chi connectivity index (χ4n) is 4.23. The maximum Gasteiger partial charge on any atom is 0.322 e. The quantitative estimate of drug-likeness (QED) is 0.362. The molecule has 6 heteroatoms. The van der Waals surface area contributed by atoms with Crippen molar-refractivity contribution in [1.82, 2.24) is 9.88 Å². The molecule has 2 N–H and O–H groups in total. The molecule has 5 rings (SSSR count). The van der Waals surface area contributed by atoms with E-state index in [1.54, 1.807) is 23.1 Å². The number of anilines is 1. The predicted octanol–water partition coefficient (Wildman–Crippen LogP) is 6.25. The largest absolute Gasteiger partial charge is 0.356 e. The molecule has 0 bridgehead atoms. The number of fused-ring (bicyclic) bond motifs is 3. The maximum atomic E-state index is 14.9. The number of nitrogens with zero attached hydrogens (tertiary/aromatic N) is 1. The molecule has 30 heavy (non-hydrogen) atoms. The number of nitrogens with one attached hydrogen (secondary N) is 2. The molecule has 3 aromatic carbocycles. The summed E-state index contributed by atoms with van der Waals surface area (Å²) in [6, 6.07) is 21.4. The minimum atomic E-state index is -0.537. The lowest BCUT2D eigenvalue weighted by molar-refractivity contribution is 0.192. The second kappa shape index (κ2) is 7.61. The van der Waals surface area contributed by atoms with Crippen LogP contribution in [0.2, 0.25) is 0 Å². The third kappa shape index (κ3) is 3.17. The summed E-state index contributed by atoms with van der Waals surface area (Å²) >= 11 is 3.47. The van der Waals surface area contributed by atoms with E-state index in [1.807, 2.05) is 42.5 Å². The van der Waals surface area contributed by atoms with E-state index in [0.717, 1.165) is 26.6 Å². The van der Waals surface area contributed by atoms with Crippen molar-refractivity contribution in [2.24, 2.45) is 0 Å². The van der Waals surface area contributed by atoms with Crippen LogP contribution in [-0.4, -0.2) is 22.5 Å². The Morgan fingerprint density at radius 3 is 2.60 bits per heavy atom. The maximum absolute atomic E-state index is 14.9. The van der Waals surface area contributed by atoms with E-state index in [2.05, 4.69) is 32.3 Å². The van der Waals surface area contributed by atoms with E-state index in [-0.39, 0.29) is 11.8 Å². The first-order valence-electron chi connectivity index (χ1n) is 9.79. The highest BCUT2D eigenvalue weighted by Gasteiger charge is 2.36. The molecular formula is C24H19BrFN3O. The second-order valence-corrected chi connectivity index (χ2v) is 8.19. The first kappa shape index (κ1) is 18.9. The Bertz CT molecular complexity index is 1250. The lowest BCUT2D eigenvalue weighted by atomic mass is 9.92. The normalized spacial score (nSPS) is 15.8. The van der Waals surface area contributed by atoms with E-state index < -0.39 is 6.04 Å². The SMILES string of the molecule is O=C(Nc1ccccc1Br)N1CCc2c([nH]c3ccccc23)C1c1ccccc1F. The number of aromatic nitrogens is 1. The number of rotatable bonds is 2. The van der Waals surface area contributed by atoms with Crippen LogP contribution in [0.5, 0.6) is 0 Å². The van der Waals surface area contributed by atoms with Crippen LogP contribution in [0, 0.1) is 5.82 Å². The van der Waals surface area contributed by atoms with E-state index in [1.165, 1.54) is 6.07 Å². The van der Waals surface area contributed by atoms with Crippen LogP contribution in [0.4, 0.5) is 14.9 Å². The fourth-order valence-corrected chi connectivity index (χ4v) is 4.61. The first-order valence-corrected chi connectivity index (χ1v) is 10.6. The van der Waals surface area contributed by atoms with Crippen molar-refractivity contribution in [2.75, 3.05) is 11.9 Å². The molecule has 2 amide bonds. The molecule has 1 aromatic heterocycles. The van der Waals surface area contributed by atoms with Gasteiger partial charge in [0.15, 0.2) is 0 Å². The summed E-state index contributed by atoms with van der Waals surface area (Å²) in [6.45, 7) is 0.490. The van der Waals surface area contributed by atoms with Gasteiger partial charge in [-0.15, -0.1) is 0 Å². The van der Waals surface area contributed by atoms with E-state index in [4.69, 9.17) is 0 Å². The summed E-state index contributed by atoms with van der Waals surface area (Å²) in [5, 5.41) is 4.09. The molecule has 1 aliphatic rings. The first-order chi connectivity index (χ1) is 14.6. The number of aromatic amines is 1. The van der Waals surface area contributed by atoms with E-state index in [0.29, 0.717) is 24.2 Å². The zero-order chi connectivity index (χ0) is 20.7. The van der Waals surface area contributed by atoms with Gasteiger partial charge in [0.05, 0.1) is 5.69 Å². The van der Waals surface area contributed by atoms with Crippen LogP contribution in [-0.2, 0) is 6.42 Å². The smallest absolute Gasteiger partial charge is 0.322 e. The number of carbonyl (C=O) groups excluding carboxylic acids is 1. The van der Waals surface area contributed by atoms with Crippen molar-refractivity contribution in [2.45, 2.75) is 12.5 Å². The molecule has 4 nitrogen and oxygen atoms in total. The van der Waals surface area contributed by atoms with E-state index >= 15 is 0 Å². The number of carbonyl (C=O) groups is 1. The summed E-state index contributed by atoms with van der Waals surface area (Å²) in [5.41, 5.74) is 4.17. The molecule has 0 radical (unpaired) electrons. The Morgan fingerprint density at radius 1 is 1.03 bits per heavy atom. The topological polar surface area (TPSA) is 48.1 Å². The average Bonchev–Trinajstić information content (AvgIpc) is 3.14. The Kier molecular flexibility index (Phi) is 4.79. The summed E-state index contributed by atoms with van der Waals surface area (Å²) in [7, 11) is 0. The van der Waals surface area contributed by atoms with Crippen molar-refractivity contribution < 1.29 is 9.18 Å². The van der Waals surface area contributed by atoms with Gasteiger partial charge in [-0.2, -0.15) is 0 Å². The van der Waals surface area contributed by atoms with Gasteiger partial charge >= 0.3 is 6.03 Å². The molecule has 1 atom stereocenters. The fraction of sp³-hybridized carbons (Fsp3) is 0.125. The third-order valence-electron chi connectivity index (χ3n) is 5.61. The van der Waals surface area contributed by atoms with Crippen LogP contribution in [0.15, 0.2) is 77.3 Å². The van der Waals surface area contributed by atoms with Gasteiger partial charge in [-0.05, 0) is 52.2 Å². The Hall–Kier alpha value is -3.12. The highest BCUT2D eigenvalue weighted by molar-refractivity contribution is 9.10. The van der Waals surface area contributed by atoms with Crippen molar-refractivity contribution in [3.8, 4) is 0 Å². The average molecular weight is 464 g/mol. The van der Waals surface area contributed by atoms with Gasteiger partial charge in [0.2, 0.25) is 0 Å². The second-order valence-electron chi connectivity index (χ2n) is 7.34. The number of H-pyrrole nitrogens is 1. The van der Waals surface area contributed by atoms with Crippen LogP contribution in [0.1, 0.15) is 22.9 Å². The minimum absolute atomic E-state index is 0.264. The molecule has 0 spiro atoms. The number of halogens is 2. The van der Waals surface area contributed by atoms with Crippen molar-refractivity contribution in [3.63, 3.8) is 0 Å². The number of hydrogen-bond donors (Lipinski definition) is 2. The summed E-state index contributed by atoms with van der Waals surface area (Å²) < 4.78 is 15.7.